The third kappa shape index (κ3) is 5.24. The summed E-state index contributed by atoms with van der Waals surface area (Å²) in [6.07, 6.45) is 0. The first-order valence-electron chi connectivity index (χ1n) is 5.00. The van der Waals surface area contributed by atoms with E-state index in [1.54, 1.807) is 0 Å². The van der Waals surface area contributed by atoms with Crippen LogP contribution in [0.5, 0.6) is 0 Å². The van der Waals surface area contributed by atoms with E-state index in [1.807, 2.05) is 0 Å². The molecule has 0 fully saturated rings. The second-order valence-electron chi connectivity index (χ2n) is 4.59. The molecule has 80 valence electrons. The standard InChI is InChI=1S/C10H24N2O/c1-5-12(6-7-13)8-9(11)10(2,3)4/h9,13H,5-8,11H2,1-4H3. The molecule has 0 spiro atoms. The van der Waals surface area contributed by atoms with Crippen LogP contribution < -0.4 is 5.73 Å². The van der Waals surface area contributed by atoms with Crippen LogP contribution in [0.15, 0.2) is 0 Å². The van der Waals surface area contributed by atoms with E-state index in [-0.39, 0.29) is 18.1 Å². The molecular formula is C10H24N2O. The van der Waals surface area contributed by atoms with E-state index in [4.69, 9.17) is 10.8 Å². The number of aliphatic hydroxyl groups is 1. The molecule has 3 N–H and O–H groups in total. The van der Waals surface area contributed by atoms with Crippen molar-refractivity contribution in [1.29, 1.82) is 0 Å². The zero-order valence-electron chi connectivity index (χ0n) is 9.38. The van der Waals surface area contributed by atoms with Crippen LogP contribution in [0.3, 0.4) is 0 Å². The molecule has 0 saturated carbocycles. The maximum absolute atomic E-state index is 8.80. The Labute approximate surface area is 81.9 Å². The molecule has 3 nitrogen and oxygen atoms in total. The molecule has 0 amide bonds. The lowest BCUT2D eigenvalue weighted by Gasteiger charge is -2.32. The molecule has 0 rings (SSSR count). The van der Waals surface area contributed by atoms with Gasteiger partial charge in [0.15, 0.2) is 0 Å². The molecule has 0 aliphatic carbocycles. The Hall–Kier alpha value is -0.120. The number of rotatable bonds is 5. The van der Waals surface area contributed by atoms with E-state index in [9.17, 15) is 0 Å². The minimum absolute atomic E-state index is 0.142. The maximum Gasteiger partial charge on any atom is 0.0558 e. The first kappa shape index (κ1) is 12.9. The number of nitrogens with zero attached hydrogens (tertiary/aromatic N) is 1. The topological polar surface area (TPSA) is 49.5 Å². The highest BCUT2D eigenvalue weighted by Crippen LogP contribution is 2.17. The van der Waals surface area contributed by atoms with E-state index >= 15 is 0 Å². The summed E-state index contributed by atoms with van der Waals surface area (Å²) in [7, 11) is 0. The predicted molar refractivity (Wildman–Crippen MR) is 56.6 cm³/mol. The van der Waals surface area contributed by atoms with Gasteiger partial charge in [-0.05, 0) is 12.0 Å². The molecule has 3 heteroatoms. The molecule has 13 heavy (non-hydrogen) atoms. The van der Waals surface area contributed by atoms with Gasteiger partial charge < -0.3 is 10.8 Å². The highest BCUT2D eigenvalue weighted by atomic mass is 16.3. The summed E-state index contributed by atoms with van der Waals surface area (Å²) in [5.74, 6) is 0. The Balaban J connectivity index is 3.93. The highest BCUT2D eigenvalue weighted by Gasteiger charge is 2.22. The lowest BCUT2D eigenvalue weighted by molar-refractivity contribution is 0.167. The number of nitrogens with two attached hydrogens (primary N) is 1. The van der Waals surface area contributed by atoms with Crippen molar-refractivity contribution in [2.45, 2.75) is 33.7 Å². The second-order valence-corrected chi connectivity index (χ2v) is 4.59. The third-order valence-electron chi connectivity index (χ3n) is 2.43. The Morgan fingerprint density at radius 3 is 2.23 bits per heavy atom. The van der Waals surface area contributed by atoms with Crippen LogP contribution in [0.1, 0.15) is 27.7 Å². The quantitative estimate of drug-likeness (QED) is 0.667. The number of hydrogen-bond acceptors (Lipinski definition) is 3. The van der Waals surface area contributed by atoms with Gasteiger partial charge in [0.05, 0.1) is 6.61 Å². The molecule has 0 saturated heterocycles. The van der Waals surface area contributed by atoms with Crippen LogP contribution in [-0.2, 0) is 0 Å². The van der Waals surface area contributed by atoms with Gasteiger partial charge in [0, 0.05) is 19.1 Å². The van der Waals surface area contributed by atoms with Gasteiger partial charge in [-0.25, -0.2) is 0 Å². The number of likely N-dealkylation sites (N-methyl/N-ethyl adjacent to an activating group) is 1. The van der Waals surface area contributed by atoms with Crippen molar-refractivity contribution in [2.24, 2.45) is 11.1 Å². The van der Waals surface area contributed by atoms with E-state index in [1.165, 1.54) is 0 Å². The first-order valence-corrected chi connectivity index (χ1v) is 5.00. The summed E-state index contributed by atoms with van der Waals surface area (Å²) in [5.41, 5.74) is 6.18. The average Bonchev–Trinajstić information content (AvgIpc) is 2.01. The zero-order chi connectivity index (χ0) is 10.5. The van der Waals surface area contributed by atoms with Gasteiger partial charge in [-0.15, -0.1) is 0 Å². The van der Waals surface area contributed by atoms with E-state index < -0.39 is 0 Å². The van der Waals surface area contributed by atoms with Gasteiger partial charge in [0.2, 0.25) is 0 Å². The van der Waals surface area contributed by atoms with Crippen LogP contribution in [0, 0.1) is 5.41 Å². The van der Waals surface area contributed by atoms with Crippen LogP contribution in [0.4, 0.5) is 0 Å². The van der Waals surface area contributed by atoms with Gasteiger partial charge in [-0.1, -0.05) is 27.7 Å². The monoisotopic (exact) mass is 188 g/mol. The Bertz CT molecular complexity index is 131. The highest BCUT2D eigenvalue weighted by molar-refractivity contribution is 4.79. The smallest absolute Gasteiger partial charge is 0.0558 e. The van der Waals surface area contributed by atoms with E-state index in [0.29, 0.717) is 0 Å². The van der Waals surface area contributed by atoms with Crippen LogP contribution in [0.2, 0.25) is 0 Å². The summed E-state index contributed by atoms with van der Waals surface area (Å²) >= 11 is 0. The molecular weight excluding hydrogens is 164 g/mol. The summed E-state index contributed by atoms with van der Waals surface area (Å²) in [6, 6.07) is 0.166. The molecule has 0 heterocycles. The fourth-order valence-electron chi connectivity index (χ4n) is 1.07. The summed E-state index contributed by atoms with van der Waals surface area (Å²) < 4.78 is 0. The van der Waals surface area contributed by atoms with Crippen LogP contribution >= 0.6 is 0 Å². The van der Waals surface area contributed by atoms with Crippen LogP contribution in [-0.4, -0.2) is 42.3 Å². The van der Waals surface area contributed by atoms with Gasteiger partial charge in [-0.2, -0.15) is 0 Å². The molecule has 0 aliphatic rings. The Kier molecular flexibility index (Phi) is 5.53. The summed E-state index contributed by atoms with van der Waals surface area (Å²) in [4.78, 5) is 2.18. The minimum Gasteiger partial charge on any atom is -0.395 e. The van der Waals surface area contributed by atoms with Crippen molar-refractivity contribution in [2.75, 3.05) is 26.2 Å². The molecule has 0 aromatic carbocycles. The summed E-state index contributed by atoms with van der Waals surface area (Å²) in [5, 5.41) is 8.80. The van der Waals surface area contributed by atoms with Crippen molar-refractivity contribution in [3.8, 4) is 0 Å². The average molecular weight is 188 g/mol. The van der Waals surface area contributed by atoms with E-state index in [2.05, 4.69) is 32.6 Å². The van der Waals surface area contributed by atoms with Gasteiger partial charge in [-0.3, -0.25) is 4.90 Å². The lowest BCUT2D eigenvalue weighted by atomic mass is 9.87. The zero-order valence-corrected chi connectivity index (χ0v) is 9.38. The van der Waals surface area contributed by atoms with Crippen molar-refractivity contribution in [1.82, 2.24) is 4.90 Å². The van der Waals surface area contributed by atoms with E-state index in [0.717, 1.165) is 19.6 Å². The van der Waals surface area contributed by atoms with Crippen molar-refractivity contribution in [3.05, 3.63) is 0 Å². The normalized spacial score (nSPS) is 15.0. The van der Waals surface area contributed by atoms with Crippen LogP contribution in [0.25, 0.3) is 0 Å². The van der Waals surface area contributed by atoms with Crippen molar-refractivity contribution in [3.63, 3.8) is 0 Å². The number of aliphatic hydroxyl groups excluding tert-OH is 1. The number of hydrogen-bond donors (Lipinski definition) is 2. The van der Waals surface area contributed by atoms with Crippen molar-refractivity contribution >= 4 is 0 Å². The van der Waals surface area contributed by atoms with Gasteiger partial charge >= 0.3 is 0 Å². The Morgan fingerprint density at radius 2 is 1.92 bits per heavy atom. The lowest BCUT2D eigenvalue weighted by Crippen LogP contribution is -2.46. The fourth-order valence-corrected chi connectivity index (χ4v) is 1.07. The van der Waals surface area contributed by atoms with Gasteiger partial charge in [0.25, 0.3) is 0 Å². The molecule has 0 aromatic rings. The first-order chi connectivity index (χ1) is 5.91. The molecule has 0 bridgehead atoms. The molecule has 1 atom stereocenters. The minimum atomic E-state index is 0.142. The molecule has 0 aromatic heterocycles. The van der Waals surface area contributed by atoms with Gasteiger partial charge in [0.1, 0.15) is 0 Å². The second kappa shape index (κ2) is 5.58. The fraction of sp³-hybridized carbons (Fsp3) is 1.00. The largest absolute Gasteiger partial charge is 0.395 e. The third-order valence-corrected chi connectivity index (χ3v) is 2.43. The molecule has 0 radical (unpaired) electrons. The van der Waals surface area contributed by atoms with Crippen molar-refractivity contribution < 1.29 is 5.11 Å². The maximum atomic E-state index is 8.80. The molecule has 1 unspecified atom stereocenters. The SMILES string of the molecule is CCN(CCO)CC(N)C(C)(C)C. The molecule has 0 aliphatic heterocycles. The predicted octanol–water partition coefficient (Wildman–Crippen LogP) is 0.674. The summed E-state index contributed by atoms with van der Waals surface area (Å²) in [6.45, 7) is 11.3. The Morgan fingerprint density at radius 1 is 1.38 bits per heavy atom.